The summed E-state index contributed by atoms with van der Waals surface area (Å²) in [6.45, 7) is 2.51. The monoisotopic (exact) mass is 291 g/mol. The van der Waals surface area contributed by atoms with E-state index in [-0.39, 0.29) is 0 Å². The maximum atomic E-state index is 5.84. The lowest BCUT2D eigenvalue weighted by Crippen LogP contribution is -1.99. The van der Waals surface area contributed by atoms with E-state index in [0.29, 0.717) is 6.54 Å². The first-order valence-corrected chi connectivity index (χ1v) is 6.21. The van der Waals surface area contributed by atoms with Gasteiger partial charge >= 0.3 is 0 Å². The van der Waals surface area contributed by atoms with Crippen molar-refractivity contribution < 1.29 is 4.74 Å². The third-order valence-corrected chi connectivity index (χ3v) is 3.01. The number of halogens is 1. The van der Waals surface area contributed by atoms with Crippen molar-refractivity contribution in [1.29, 1.82) is 0 Å². The molecule has 0 aliphatic carbocycles. The highest BCUT2D eigenvalue weighted by molar-refractivity contribution is 9.10. The third-order valence-electron chi connectivity index (χ3n) is 2.48. The third kappa shape index (κ3) is 3.08. The summed E-state index contributed by atoms with van der Waals surface area (Å²) in [4.78, 5) is 0. The highest BCUT2D eigenvalue weighted by atomic mass is 79.9. The summed E-state index contributed by atoms with van der Waals surface area (Å²) in [5, 5.41) is 0. The quantitative estimate of drug-likeness (QED) is 0.927. The fourth-order valence-electron chi connectivity index (χ4n) is 1.56. The van der Waals surface area contributed by atoms with Crippen LogP contribution in [0.25, 0.3) is 0 Å². The van der Waals surface area contributed by atoms with Crippen molar-refractivity contribution in [1.82, 2.24) is 0 Å². The molecule has 2 aromatic rings. The minimum Gasteiger partial charge on any atom is -0.457 e. The zero-order valence-electron chi connectivity index (χ0n) is 9.61. The van der Waals surface area contributed by atoms with Crippen LogP contribution < -0.4 is 10.5 Å². The molecule has 0 aromatic heterocycles. The topological polar surface area (TPSA) is 35.2 Å². The van der Waals surface area contributed by atoms with Crippen LogP contribution in [-0.2, 0) is 6.54 Å². The molecule has 0 bridgehead atoms. The van der Waals surface area contributed by atoms with E-state index in [1.807, 2.05) is 49.4 Å². The fourth-order valence-corrected chi connectivity index (χ4v) is 1.82. The van der Waals surface area contributed by atoms with Crippen molar-refractivity contribution in [2.45, 2.75) is 13.5 Å². The molecule has 0 saturated carbocycles. The van der Waals surface area contributed by atoms with Gasteiger partial charge in [-0.15, -0.1) is 0 Å². The summed E-state index contributed by atoms with van der Waals surface area (Å²) in [5.74, 6) is 1.64. The van der Waals surface area contributed by atoms with Gasteiger partial charge in [0.05, 0.1) is 0 Å². The number of hydrogen-bond acceptors (Lipinski definition) is 2. The minimum atomic E-state index is 0.478. The van der Waals surface area contributed by atoms with Crippen LogP contribution in [0.15, 0.2) is 46.9 Å². The van der Waals surface area contributed by atoms with Gasteiger partial charge in [0, 0.05) is 16.6 Å². The summed E-state index contributed by atoms with van der Waals surface area (Å²) < 4.78 is 6.87. The lowest BCUT2D eigenvalue weighted by molar-refractivity contribution is 0.476. The summed E-state index contributed by atoms with van der Waals surface area (Å²) in [7, 11) is 0. The van der Waals surface area contributed by atoms with Gasteiger partial charge < -0.3 is 10.5 Å². The maximum Gasteiger partial charge on any atom is 0.132 e. The number of nitrogens with two attached hydrogens (primary N) is 1. The zero-order valence-corrected chi connectivity index (χ0v) is 11.2. The molecule has 17 heavy (non-hydrogen) atoms. The number of hydrogen-bond donors (Lipinski definition) is 1. The van der Waals surface area contributed by atoms with E-state index < -0.39 is 0 Å². The Labute approximate surface area is 110 Å². The van der Waals surface area contributed by atoms with E-state index in [1.165, 1.54) is 0 Å². The van der Waals surface area contributed by atoms with Crippen molar-refractivity contribution in [3.05, 3.63) is 58.1 Å². The molecule has 88 valence electrons. The predicted octanol–water partition coefficient (Wildman–Crippen LogP) is 4.01. The molecule has 0 heterocycles. The molecule has 0 unspecified atom stereocenters. The van der Waals surface area contributed by atoms with Crippen molar-refractivity contribution in [3.63, 3.8) is 0 Å². The molecule has 2 nitrogen and oxygen atoms in total. The van der Waals surface area contributed by atoms with Crippen molar-refractivity contribution >= 4 is 15.9 Å². The second-order valence-electron chi connectivity index (χ2n) is 3.87. The van der Waals surface area contributed by atoms with Crippen LogP contribution in [0, 0.1) is 6.92 Å². The average molecular weight is 292 g/mol. The Bertz CT molecular complexity index is 508. The Hall–Kier alpha value is -1.32. The Morgan fingerprint density at radius 3 is 2.47 bits per heavy atom. The number of rotatable bonds is 3. The lowest BCUT2D eigenvalue weighted by Gasteiger charge is -2.10. The normalized spacial score (nSPS) is 10.3. The molecule has 0 amide bonds. The van der Waals surface area contributed by atoms with Crippen LogP contribution in [-0.4, -0.2) is 0 Å². The van der Waals surface area contributed by atoms with Crippen LogP contribution in [0.3, 0.4) is 0 Å². The molecule has 0 fully saturated rings. The van der Waals surface area contributed by atoms with Gasteiger partial charge in [-0.25, -0.2) is 0 Å². The largest absolute Gasteiger partial charge is 0.457 e. The van der Waals surface area contributed by atoms with Gasteiger partial charge in [0.1, 0.15) is 11.5 Å². The maximum absolute atomic E-state index is 5.84. The van der Waals surface area contributed by atoms with Gasteiger partial charge in [-0.05, 0) is 42.8 Å². The van der Waals surface area contributed by atoms with Crippen LogP contribution in [0.4, 0.5) is 0 Å². The lowest BCUT2D eigenvalue weighted by atomic mass is 10.1. The minimum absolute atomic E-state index is 0.478. The van der Waals surface area contributed by atoms with Gasteiger partial charge in [0.2, 0.25) is 0 Å². The number of ether oxygens (including phenoxy) is 1. The first kappa shape index (κ1) is 12.1. The molecule has 0 aliphatic heterocycles. The van der Waals surface area contributed by atoms with Crippen molar-refractivity contribution in [2.75, 3.05) is 0 Å². The van der Waals surface area contributed by atoms with E-state index in [2.05, 4.69) is 15.9 Å². The standard InChI is InChI=1S/C14H14BrNO/c1-10-2-3-11(9-16)14(8-10)17-13-6-4-12(15)5-7-13/h2-8H,9,16H2,1H3. The molecule has 0 aliphatic rings. The smallest absolute Gasteiger partial charge is 0.132 e. The predicted molar refractivity (Wildman–Crippen MR) is 73.3 cm³/mol. The molecule has 3 heteroatoms. The van der Waals surface area contributed by atoms with Gasteiger partial charge in [-0.3, -0.25) is 0 Å². The Kier molecular flexibility index (Phi) is 3.82. The van der Waals surface area contributed by atoms with E-state index in [9.17, 15) is 0 Å². The molecule has 0 saturated heterocycles. The van der Waals surface area contributed by atoms with E-state index in [0.717, 1.165) is 27.1 Å². The van der Waals surface area contributed by atoms with Crippen LogP contribution in [0.1, 0.15) is 11.1 Å². The molecule has 0 atom stereocenters. The Morgan fingerprint density at radius 1 is 1.12 bits per heavy atom. The Balaban J connectivity index is 2.28. The van der Waals surface area contributed by atoms with E-state index in [1.54, 1.807) is 0 Å². The number of aryl methyl sites for hydroxylation is 1. The molecule has 0 radical (unpaired) electrons. The fraction of sp³-hybridized carbons (Fsp3) is 0.143. The molecule has 0 spiro atoms. The summed E-state index contributed by atoms with van der Waals surface area (Å²) >= 11 is 3.40. The molecule has 2 aromatic carbocycles. The highest BCUT2D eigenvalue weighted by Gasteiger charge is 2.04. The Morgan fingerprint density at radius 2 is 1.82 bits per heavy atom. The second kappa shape index (κ2) is 5.34. The average Bonchev–Trinajstić information content (AvgIpc) is 2.32. The molecule has 2 N–H and O–H groups in total. The van der Waals surface area contributed by atoms with Gasteiger partial charge in [0.25, 0.3) is 0 Å². The van der Waals surface area contributed by atoms with Crippen LogP contribution in [0.5, 0.6) is 11.5 Å². The van der Waals surface area contributed by atoms with Crippen LogP contribution >= 0.6 is 15.9 Å². The van der Waals surface area contributed by atoms with Crippen molar-refractivity contribution in [2.24, 2.45) is 5.73 Å². The summed E-state index contributed by atoms with van der Waals surface area (Å²) in [6, 6.07) is 13.8. The van der Waals surface area contributed by atoms with Gasteiger partial charge in [-0.1, -0.05) is 28.1 Å². The highest BCUT2D eigenvalue weighted by Crippen LogP contribution is 2.27. The van der Waals surface area contributed by atoms with E-state index in [4.69, 9.17) is 10.5 Å². The molecular weight excluding hydrogens is 278 g/mol. The van der Waals surface area contributed by atoms with Gasteiger partial charge in [-0.2, -0.15) is 0 Å². The SMILES string of the molecule is Cc1ccc(CN)c(Oc2ccc(Br)cc2)c1. The van der Waals surface area contributed by atoms with Gasteiger partial charge in [0.15, 0.2) is 0 Å². The first-order chi connectivity index (χ1) is 8.19. The molecule has 2 rings (SSSR count). The molecular formula is C14H14BrNO. The van der Waals surface area contributed by atoms with Crippen LogP contribution in [0.2, 0.25) is 0 Å². The number of benzene rings is 2. The second-order valence-corrected chi connectivity index (χ2v) is 4.79. The summed E-state index contributed by atoms with van der Waals surface area (Å²) in [5.41, 5.74) is 7.86. The zero-order chi connectivity index (χ0) is 12.3. The van der Waals surface area contributed by atoms with E-state index >= 15 is 0 Å². The van der Waals surface area contributed by atoms with Crippen molar-refractivity contribution in [3.8, 4) is 11.5 Å². The first-order valence-electron chi connectivity index (χ1n) is 5.42. The summed E-state index contributed by atoms with van der Waals surface area (Å²) in [6.07, 6.45) is 0.